The fourth-order valence-electron chi connectivity index (χ4n) is 4.43. The van der Waals surface area contributed by atoms with Gasteiger partial charge in [-0.2, -0.15) is 0 Å². The molecular weight excluding hydrogens is 564 g/mol. The summed E-state index contributed by atoms with van der Waals surface area (Å²) in [6.45, 7) is 3.67. The van der Waals surface area contributed by atoms with E-state index in [1.807, 2.05) is 12.1 Å². The van der Waals surface area contributed by atoms with Crippen LogP contribution in [0.1, 0.15) is 41.4 Å². The molecule has 0 saturated heterocycles. The molecule has 1 aromatic heterocycles. The molecule has 4 aromatic rings. The number of halogens is 1. The van der Waals surface area contributed by atoms with E-state index in [0.29, 0.717) is 42.7 Å². The SMILES string of the molecule is CCOC(=O)C1=C(C)N=c2s/c(=C\c3ccc(OC(=O)c4ccc(Cl)cc4)cc3)c(=O)n2C1c1ccc(OC)cc1. The largest absolute Gasteiger partial charge is 0.497 e. The third kappa shape index (κ3) is 5.86. The zero-order valence-corrected chi connectivity index (χ0v) is 24.0. The highest BCUT2D eigenvalue weighted by atomic mass is 35.5. The molecule has 5 rings (SSSR count). The van der Waals surface area contributed by atoms with Crippen molar-refractivity contribution in [1.82, 2.24) is 4.57 Å². The fraction of sp³-hybridized carbons (Fsp3) is 0.161. The lowest BCUT2D eigenvalue weighted by atomic mass is 9.96. The Labute approximate surface area is 244 Å². The third-order valence-corrected chi connectivity index (χ3v) is 7.65. The van der Waals surface area contributed by atoms with Crippen LogP contribution in [0.5, 0.6) is 11.5 Å². The van der Waals surface area contributed by atoms with Crippen LogP contribution in [0.15, 0.2) is 93.9 Å². The van der Waals surface area contributed by atoms with Crippen molar-refractivity contribution in [1.29, 1.82) is 0 Å². The molecule has 0 aliphatic carbocycles. The van der Waals surface area contributed by atoms with Crippen LogP contribution in [0, 0.1) is 0 Å². The third-order valence-electron chi connectivity index (χ3n) is 6.42. The summed E-state index contributed by atoms with van der Waals surface area (Å²) in [5.74, 6) is -0.0128. The molecule has 41 heavy (non-hydrogen) atoms. The van der Waals surface area contributed by atoms with E-state index in [9.17, 15) is 14.4 Å². The van der Waals surface area contributed by atoms with Crippen LogP contribution in [0.25, 0.3) is 6.08 Å². The summed E-state index contributed by atoms with van der Waals surface area (Å²) >= 11 is 7.11. The van der Waals surface area contributed by atoms with Crippen molar-refractivity contribution < 1.29 is 23.8 Å². The van der Waals surface area contributed by atoms with Crippen molar-refractivity contribution >= 4 is 41.0 Å². The van der Waals surface area contributed by atoms with Crippen molar-refractivity contribution in [3.8, 4) is 11.5 Å². The van der Waals surface area contributed by atoms with E-state index in [0.717, 1.165) is 11.1 Å². The molecule has 0 N–H and O–H groups in total. The highest BCUT2D eigenvalue weighted by Gasteiger charge is 2.33. The number of ether oxygens (including phenoxy) is 3. The fourth-order valence-corrected chi connectivity index (χ4v) is 5.60. The zero-order chi connectivity index (χ0) is 29.1. The predicted molar refractivity (Wildman–Crippen MR) is 156 cm³/mol. The number of allylic oxidation sites excluding steroid dienone is 1. The molecule has 0 spiro atoms. The number of fused-ring (bicyclic) bond motifs is 1. The Morgan fingerprint density at radius 2 is 1.63 bits per heavy atom. The van der Waals surface area contributed by atoms with Crippen molar-refractivity contribution in [2.45, 2.75) is 19.9 Å². The molecule has 1 aliphatic heterocycles. The van der Waals surface area contributed by atoms with Gasteiger partial charge >= 0.3 is 11.9 Å². The maximum absolute atomic E-state index is 13.8. The van der Waals surface area contributed by atoms with Crippen LogP contribution in [-0.2, 0) is 9.53 Å². The van der Waals surface area contributed by atoms with Gasteiger partial charge in [0, 0.05) is 5.02 Å². The van der Waals surface area contributed by atoms with Gasteiger partial charge < -0.3 is 14.2 Å². The minimum atomic E-state index is -0.715. The number of esters is 2. The van der Waals surface area contributed by atoms with Crippen molar-refractivity contribution in [2.75, 3.05) is 13.7 Å². The van der Waals surface area contributed by atoms with Crippen LogP contribution in [0.2, 0.25) is 5.02 Å². The molecule has 0 radical (unpaired) electrons. The number of methoxy groups -OCH3 is 1. The van der Waals surface area contributed by atoms with Crippen molar-refractivity contribution in [3.63, 3.8) is 0 Å². The van der Waals surface area contributed by atoms with E-state index < -0.39 is 18.0 Å². The smallest absolute Gasteiger partial charge is 0.343 e. The number of nitrogens with zero attached hydrogens (tertiary/aromatic N) is 2. The molecule has 3 aromatic carbocycles. The van der Waals surface area contributed by atoms with Gasteiger partial charge in [0.25, 0.3) is 5.56 Å². The van der Waals surface area contributed by atoms with Gasteiger partial charge in [-0.3, -0.25) is 9.36 Å². The van der Waals surface area contributed by atoms with Gasteiger partial charge in [0.1, 0.15) is 11.5 Å². The number of hydrogen-bond donors (Lipinski definition) is 0. The molecule has 1 aliphatic rings. The lowest BCUT2D eigenvalue weighted by molar-refractivity contribution is -0.139. The number of thiazole rings is 1. The van der Waals surface area contributed by atoms with E-state index in [1.165, 1.54) is 15.9 Å². The van der Waals surface area contributed by atoms with Gasteiger partial charge in [-0.05, 0) is 79.6 Å². The van der Waals surface area contributed by atoms with Crippen LogP contribution >= 0.6 is 22.9 Å². The van der Waals surface area contributed by atoms with Gasteiger partial charge in [0.05, 0.1) is 41.1 Å². The van der Waals surface area contributed by atoms with Crippen LogP contribution in [-0.4, -0.2) is 30.2 Å². The standard InChI is InChI=1S/C31H25ClN2O6S/c1-4-39-30(37)26-18(2)33-31-34(27(26)20-9-15-23(38-3)16-10-20)28(35)25(41-31)17-19-5-13-24(14-6-19)40-29(36)21-7-11-22(32)12-8-21/h5-17,27H,4H2,1-3H3/b25-17-. The van der Waals surface area contributed by atoms with Crippen LogP contribution in [0.4, 0.5) is 0 Å². The van der Waals surface area contributed by atoms with Crippen molar-refractivity contribution in [2.24, 2.45) is 4.99 Å². The van der Waals surface area contributed by atoms with Crippen LogP contribution < -0.4 is 24.4 Å². The number of aromatic nitrogens is 1. The molecular formula is C31H25ClN2O6S. The quantitative estimate of drug-likeness (QED) is 0.230. The van der Waals surface area contributed by atoms with E-state index in [-0.39, 0.29) is 12.2 Å². The highest BCUT2D eigenvalue weighted by molar-refractivity contribution is 7.07. The van der Waals surface area contributed by atoms with E-state index in [4.69, 9.17) is 25.8 Å². The molecule has 1 unspecified atom stereocenters. The normalized spacial score (nSPS) is 14.7. The molecule has 0 bridgehead atoms. The topological polar surface area (TPSA) is 96.2 Å². The van der Waals surface area contributed by atoms with E-state index in [2.05, 4.69) is 4.99 Å². The average Bonchev–Trinajstić information content (AvgIpc) is 3.27. The summed E-state index contributed by atoms with van der Waals surface area (Å²) in [7, 11) is 1.57. The highest BCUT2D eigenvalue weighted by Crippen LogP contribution is 2.31. The lowest BCUT2D eigenvalue weighted by Gasteiger charge is -2.24. The Kier molecular flexibility index (Phi) is 8.19. The Bertz CT molecular complexity index is 1820. The van der Waals surface area contributed by atoms with Gasteiger partial charge in [0.15, 0.2) is 4.80 Å². The lowest BCUT2D eigenvalue weighted by Crippen LogP contribution is -2.39. The number of benzene rings is 3. The number of carbonyl (C=O) groups excluding carboxylic acids is 2. The molecule has 2 heterocycles. The minimum absolute atomic E-state index is 0.195. The van der Waals surface area contributed by atoms with Crippen LogP contribution in [0.3, 0.4) is 0 Å². The van der Waals surface area contributed by atoms with Gasteiger partial charge in [0.2, 0.25) is 0 Å². The summed E-state index contributed by atoms with van der Waals surface area (Å²) in [6.07, 6.45) is 1.74. The molecule has 10 heteroatoms. The summed E-state index contributed by atoms with van der Waals surface area (Å²) in [5.41, 5.74) is 2.34. The number of hydrogen-bond acceptors (Lipinski definition) is 8. The molecule has 0 saturated carbocycles. The molecule has 8 nitrogen and oxygen atoms in total. The predicted octanol–water partition coefficient (Wildman–Crippen LogP) is 4.68. The minimum Gasteiger partial charge on any atom is -0.497 e. The van der Waals surface area contributed by atoms with Crippen molar-refractivity contribution in [3.05, 3.63) is 125 Å². The van der Waals surface area contributed by atoms with Gasteiger partial charge in [-0.25, -0.2) is 14.6 Å². The second-order valence-corrected chi connectivity index (χ2v) is 10.5. The first-order chi connectivity index (χ1) is 19.8. The Hall–Kier alpha value is -4.47. The zero-order valence-electron chi connectivity index (χ0n) is 22.4. The first kappa shape index (κ1) is 28.1. The summed E-state index contributed by atoms with van der Waals surface area (Å²) in [4.78, 5) is 44.3. The monoisotopic (exact) mass is 588 g/mol. The second kappa shape index (κ2) is 12.0. The number of carbonyl (C=O) groups is 2. The Morgan fingerprint density at radius 3 is 2.27 bits per heavy atom. The summed E-state index contributed by atoms with van der Waals surface area (Å²) in [6, 6.07) is 19.7. The molecule has 208 valence electrons. The number of rotatable bonds is 7. The first-order valence-corrected chi connectivity index (χ1v) is 13.9. The average molecular weight is 589 g/mol. The summed E-state index contributed by atoms with van der Waals surface area (Å²) in [5, 5.41) is 0.527. The Balaban J connectivity index is 1.50. The molecule has 0 amide bonds. The first-order valence-electron chi connectivity index (χ1n) is 12.7. The van der Waals surface area contributed by atoms with E-state index in [1.54, 1.807) is 87.7 Å². The molecule has 1 atom stereocenters. The van der Waals surface area contributed by atoms with Gasteiger partial charge in [-0.15, -0.1) is 0 Å². The van der Waals surface area contributed by atoms with Gasteiger partial charge in [-0.1, -0.05) is 47.2 Å². The molecule has 0 fully saturated rings. The Morgan fingerprint density at radius 1 is 0.976 bits per heavy atom. The maximum atomic E-state index is 13.8. The second-order valence-electron chi connectivity index (χ2n) is 9.04. The summed E-state index contributed by atoms with van der Waals surface area (Å²) < 4.78 is 18.0. The maximum Gasteiger partial charge on any atom is 0.343 e. The van der Waals surface area contributed by atoms with E-state index >= 15 is 0 Å².